The van der Waals surface area contributed by atoms with Crippen LogP contribution in [0.1, 0.15) is 6.42 Å². The summed E-state index contributed by atoms with van der Waals surface area (Å²) in [6.45, 7) is 0.475. The third-order valence-electron chi connectivity index (χ3n) is 4.00. The SMILES string of the molecule is CN1CC=CC[C@@H](NS(=O)(=O)c2ccc(Oc3ccccc3)cc2)C1=O. The van der Waals surface area contributed by atoms with Crippen LogP contribution in [0.25, 0.3) is 0 Å². The molecule has 0 spiro atoms. The van der Waals surface area contributed by atoms with Gasteiger partial charge in [-0.2, -0.15) is 4.72 Å². The fourth-order valence-corrected chi connectivity index (χ4v) is 3.79. The molecule has 1 aliphatic heterocycles. The van der Waals surface area contributed by atoms with Crippen LogP contribution in [-0.4, -0.2) is 38.9 Å². The van der Waals surface area contributed by atoms with Gasteiger partial charge in [0.2, 0.25) is 15.9 Å². The predicted octanol–water partition coefficient (Wildman–Crippen LogP) is 2.54. The number of likely N-dealkylation sites (N-methyl/N-ethyl adjacent to an activating group) is 1. The van der Waals surface area contributed by atoms with Gasteiger partial charge in [-0.05, 0) is 42.8 Å². The van der Waals surface area contributed by atoms with Gasteiger partial charge in [0.05, 0.1) is 4.90 Å². The topological polar surface area (TPSA) is 75.7 Å². The zero-order chi connectivity index (χ0) is 18.6. The number of hydrogen-bond acceptors (Lipinski definition) is 4. The minimum absolute atomic E-state index is 0.0848. The Morgan fingerprint density at radius 1 is 1.00 bits per heavy atom. The van der Waals surface area contributed by atoms with Crippen molar-refractivity contribution in [3.05, 3.63) is 66.7 Å². The van der Waals surface area contributed by atoms with Crippen molar-refractivity contribution >= 4 is 15.9 Å². The number of hydrogen-bond donors (Lipinski definition) is 1. The fourth-order valence-electron chi connectivity index (χ4n) is 2.59. The number of carbonyl (C=O) groups is 1. The summed E-state index contributed by atoms with van der Waals surface area (Å²) in [5.74, 6) is 0.950. The Bertz CT molecular complexity index is 893. The third kappa shape index (κ3) is 4.30. The van der Waals surface area contributed by atoms with Crippen LogP contribution >= 0.6 is 0 Å². The highest BCUT2D eigenvalue weighted by Crippen LogP contribution is 2.23. The van der Waals surface area contributed by atoms with Gasteiger partial charge in [-0.1, -0.05) is 30.4 Å². The molecule has 0 bridgehead atoms. The number of ether oxygens (including phenoxy) is 1. The number of para-hydroxylation sites is 1. The molecule has 26 heavy (non-hydrogen) atoms. The number of nitrogens with zero attached hydrogens (tertiary/aromatic N) is 1. The molecule has 1 atom stereocenters. The minimum Gasteiger partial charge on any atom is -0.457 e. The fraction of sp³-hybridized carbons (Fsp3) is 0.211. The highest BCUT2D eigenvalue weighted by Gasteiger charge is 2.28. The quantitative estimate of drug-likeness (QED) is 0.819. The molecule has 136 valence electrons. The van der Waals surface area contributed by atoms with Crippen molar-refractivity contribution < 1.29 is 17.9 Å². The second-order valence-corrected chi connectivity index (χ2v) is 7.70. The van der Waals surface area contributed by atoms with Crippen LogP contribution < -0.4 is 9.46 Å². The van der Waals surface area contributed by atoms with Gasteiger partial charge in [0, 0.05) is 13.6 Å². The summed E-state index contributed by atoms with van der Waals surface area (Å²) in [6.07, 6.45) is 3.99. The normalized spacial score (nSPS) is 17.8. The lowest BCUT2D eigenvalue weighted by Crippen LogP contribution is -2.46. The van der Waals surface area contributed by atoms with Crippen LogP contribution in [0.2, 0.25) is 0 Å². The van der Waals surface area contributed by atoms with E-state index in [4.69, 9.17) is 4.74 Å². The van der Waals surface area contributed by atoms with Gasteiger partial charge in [-0.15, -0.1) is 0 Å². The summed E-state index contributed by atoms with van der Waals surface area (Å²) in [6, 6.07) is 14.5. The van der Waals surface area contributed by atoms with E-state index in [0.29, 0.717) is 24.5 Å². The summed E-state index contributed by atoms with van der Waals surface area (Å²) >= 11 is 0. The van der Waals surface area contributed by atoms with Crippen molar-refractivity contribution in [2.75, 3.05) is 13.6 Å². The van der Waals surface area contributed by atoms with Gasteiger partial charge in [0.1, 0.15) is 17.5 Å². The number of rotatable bonds is 5. The second kappa shape index (κ2) is 7.72. The van der Waals surface area contributed by atoms with Gasteiger partial charge in [-0.3, -0.25) is 4.79 Å². The molecule has 1 aliphatic rings. The van der Waals surface area contributed by atoms with Crippen LogP contribution in [0.5, 0.6) is 11.5 Å². The molecule has 0 aliphatic carbocycles. The molecule has 1 heterocycles. The van der Waals surface area contributed by atoms with Gasteiger partial charge in [0.15, 0.2) is 0 Å². The largest absolute Gasteiger partial charge is 0.457 e. The maximum absolute atomic E-state index is 12.6. The molecule has 0 saturated heterocycles. The van der Waals surface area contributed by atoms with E-state index in [1.54, 1.807) is 19.2 Å². The second-order valence-electron chi connectivity index (χ2n) is 5.99. The van der Waals surface area contributed by atoms with Gasteiger partial charge >= 0.3 is 0 Å². The van der Waals surface area contributed by atoms with E-state index in [0.717, 1.165) is 0 Å². The number of carbonyl (C=O) groups excluding carboxylic acids is 1. The van der Waals surface area contributed by atoms with E-state index in [1.165, 1.54) is 17.0 Å². The average Bonchev–Trinajstić information content (AvgIpc) is 2.78. The van der Waals surface area contributed by atoms with Crippen molar-refractivity contribution in [2.45, 2.75) is 17.4 Å². The Kier molecular flexibility index (Phi) is 5.39. The van der Waals surface area contributed by atoms with E-state index < -0.39 is 16.1 Å². The van der Waals surface area contributed by atoms with Crippen molar-refractivity contribution in [3.8, 4) is 11.5 Å². The molecule has 2 aromatic carbocycles. The Balaban J connectivity index is 1.73. The van der Waals surface area contributed by atoms with Crippen molar-refractivity contribution in [2.24, 2.45) is 0 Å². The van der Waals surface area contributed by atoms with E-state index in [9.17, 15) is 13.2 Å². The van der Waals surface area contributed by atoms with Crippen LogP contribution in [0.15, 0.2) is 71.6 Å². The Morgan fingerprint density at radius 3 is 2.35 bits per heavy atom. The molecule has 2 aromatic rings. The molecule has 1 N–H and O–H groups in total. The molecule has 0 aromatic heterocycles. The highest BCUT2D eigenvalue weighted by atomic mass is 32.2. The first-order chi connectivity index (χ1) is 12.5. The summed E-state index contributed by atoms with van der Waals surface area (Å²) in [5, 5.41) is 0. The molecule has 3 rings (SSSR count). The lowest BCUT2D eigenvalue weighted by atomic mass is 10.2. The Hall–Kier alpha value is -2.64. The molecular formula is C19H20N2O4S. The maximum Gasteiger partial charge on any atom is 0.241 e. The van der Waals surface area contributed by atoms with Gasteiger partial charge in [0.25, 0.3) is 0 Å². The number of sulfonamides is 1. The van der Waals surface area contributed by atoms with Crippen LogP contribution in [-0.2, 0) is 14.8 Å². The van der Waals surface area contributed by atoms with Gasteiger partial charge in [-0.25, -0.2) is 8.42 Å². The molecule has 1 amide bonds. The molecule has 0 saturated carbocycles. The smallest absolute Gasteiger partial charge is 0.241 e. The first-order valence-electron chi connectivity index (χ1n) is 8.21. The molecule has 0 radical (unpaired) electrons. The van der Waals surface area contributed by atoms with E-state index in [2.05, 4.69) is 4.72 Å². The summed E-state index contributed by atoms with van der Waals surface area (Å²) in [7, 11) is -2.16. The summed E-state index contributed by atoms with van der Waals surface area (Å²) < 4.78 is 33.3. The lowest BCUT2D eigenvalue weighted by molar-refractivity contribution is -0.130. The number of nitrogens with one attached hydrogen (secondary N) is 1. The van der Waals surface area contributed by atoms with Crippen molar-refractivity contribution in [1.29, 1.82) is 0 Å². The van der Waals surface area contributed by atoms with Crippen LogP contribution in [0.4, 0.5) is 0 Å². The van der Waals surface area contributed by atoms with E-state index in [1.807, 2.05) is 42.5 Å². The average molecular weight is 372 g/mol. The number of benzene rings is 2. The summed E-state index contributed by atoms with van der Waals surface area (Å²) in [5.41, 5.74) is 0. The minimum atomic E-state index is -3.81. The molecule has 0 fully saturated rings. The molecule has 0 unspecified atom stereocenters. The first kappa shape index (κ1) is 18.2. The maximum atomic E-state index is 12.6. The van der Waals surface area contributed by atoms with Crippen LogP contribution in [0.3, 0.4) is 0 Å². The first-order valence-corrected chi connectivity index (χ1v) is 9.69. The Morgan fingerprint density at radius 2 is 1.65 bits per heavy atom. The molecule has 7 heteroatoms. The number of amides is 1. The lowest BCUT2D eigenvalue weighted by Gasteiger charge is -2.20. The Labute approximate surface area is 153 Å². The van der Waals surface area contributed by atoms with E-state index >= 15 is 0 Å². The molecular weight excluding hydrogens is 352 g/mol. The summed E-state index contributed by atoms with van der Waals surface area (Å²) in [4.78, 5) is 13.8. The van der Waals surface area contributed by atoms with Gasteiger partial charge < -0.3 is 9.64 Å². The van der Waals surface area contributed by atoms with Crippen molar-refractivity contribution in [3.63, 3.8) is 0 Å². The third-order valence-corrected chi connectivity index (χ3v) is 5.49. The predicted molar refractivity (Wildman–Crippen MR) is 98.5 cm³/mol. The molecule has 6 nitrogen and oxygen atoms in total. The zero-order valence-electron chi connectivity index (χ0n) is 14.3. The monoisotopic (exact) mass is 372 g/mol. The van der Waals surface area contributed by atoms with E-state index in [-0.39, 0.29) is 10.8 Å². The van der Waals surface area contributed by atoms with Crippen molar-refractivity contribution in [1.82, 2.24) is 9.62 Å². The standard InChI is InChI=1S/C19H20N2O4S/c1-21-14-6-5-9-18(19(21)22)20-26(23,24)17-12-10-16(11-13-17)25-15-7-3-2-4-8-15/h2-8,10-13,18,20H,9,14H2,1H3/t18-/m1/s1. The zero-order valence-corrected chi connectivity index (χ0v) is 15.1. The van der Waals surface area contributed by atoms with Crippen LogP contribution in [0, 0.1) is 0 Å². The highest BCUT2D eigenvalue weighted by molar-refractivity contribution is 7.89.